The van der Waals surface area contributed by atoms with Gasteiger partial charge in [0.05, 0.1) is 5.25 Å². The Balaban J connectivity index is 4.47. The standard InChI is InChI=1S/C9H18BrNO2S/c1-7(10)6-11(4)8(2)9(3)14(5,12)13/h8-9H,1,6H2,2-5H3/t8-,9-/m0/s1. The molecule has 0 saturated carbocycles. The van der Waals surface area contributed by atoms with E-state index >= 15 is 0 Å². The Labute approximate surface area is 95.2 Å². The molecule has 0 aliphatic heterocycles. The highest BCUT2D eigenvalue weighted by molar-refractivity contribution is 9.11. The molecule has 0 fully saturated rings. The summed E-state index contributed by atoms with van der Waals surface area (Å²) in [5.74, 6) is 0. The predicted molar refractivity (Wildman–Crippen MR) is 64.5 cm³/mol. The highest BCUT2D eigenvalue weighted by Crippen LogP contribution is 2.12. The van der Waals surface area contributed by atoms with Gasteiger partial charge in [-0.25, -0.2) is 8.42 Å². The van der Waals surface area contributed by atoms with Gasteiger partial charge in [0.1, 0.15) is 0 Å². The minimum absolute atomic E-state index is 0.0145. The largest absolute Gasteiger partial charge is 0.298 e. The molecule has 0 amide bonds. The summed E-state index contributed by atoms with van der Waals surface area (Å²) < 4.78 is 23.5. The molecule has 0 aromatic heterocycles. The molecule has 0 rings (SSSR count). The molecule has 3 nitrogen and oxygen atoms in total. The van der Waals surface area contributed by atoms with Crippen LogP contribution in [0, 0.1) is 0 Å². The maximum atomic E-state index is 11.3. The fourth-order valence-corrected chi connectivity index (χ4v) is 2.45. The summed E-state index contributed by atoms with van der Waals surface area (Å²) in [6.07, 6.45) is 1.27. The van der Waals surface area contributed by atoms with E-state index < -0.39 is 9.84 Å². The van der Waals surface area contributed by atoms with Gasteiger partial charge >= 0.3 is 0 Å². The van der Waals surface area contributed by atoms with Crippen LogP contribution in [0.25, 0.3) is 0 Å². The lowest BCUT2D eigenvalue weighted by Gasteiger charge is -2.28. The first-order chi connectivity index (χ1) is 6.16. The van der Waals surface area contributed by atoms with E-state index in [0.29, 0.717) is 6.54 Å². The Bertz CT molecular complexity index is 300. The SMILES string of the molecule is C=C(Br)CN(C)[C@@H](C)[C@H](C)S(C)(=O)=O. The van der Waals surface area contributed by atoms with Gasteiger partial charge in [0.25, 0.3) is 0 Å². The Hall–Kier alpha value is 0.130. The van der Waals surface area contributed by atoms with Crippen LogP contribution in [-0.2, 0) is 9.84 Å². The van der Waals surface area contributed by atoms with Crippen LogP contribution in [0.2, 0.25) is 0 Å². The van der Waals surface area contributed by atoms with Crippen LogP contribution in [0.1, 0.15) is 13.8 Å². The zero-order valence-electron chi connectivity index (χ0n) is 9.12. The molecule has 0 spiro atoms. The third kappa shape index (κ3) is 4.57. The van der Waals surface area contributed by atoms with Gasteiger partial charge in [-0.2, -0.15) is 0 Å². The second-order valence-corrected chi connectivity index (χ2v) is 7.23. The summed E-state index contributed by atoms with van der Waals surface area (Å²) in [6.45, 7) is 8.01. The van der Waals surface area contributed by atoms with E-state index in [4.69, 9.17) is 0 Å². The monoisotopic (exact) mass is 283 g/mol. The number of sulfone groups is 1. The smallest absolute Gasteiger partial charge is 0.151 e. The van der Waals surface area contributed by atoms with E-state index in [0.717, 1.165) is 4.48 Å². The highest BCUT2D eigenvalue weighted by Gasteiger charge is 2.25. The molecular weight excluding hydrogens is 266 g/mol. The topological polar surface area (TPSA) is 37.4 Å². The molecule has 0 unspecified atom stereocenters. The van der Waals surface area contributed by atoms with Crippen LogP contribution in [0.4, 0.5) is 0 Å². The van der Waals surface area contributed by atoms with Crippen molar-refractivity contribution >= 4 is 25.8 Å². The van der Waals surface area contributed by atoms with Gasteiger partial charge in [0.15, 0.2) is 9.84 Å². The second kappa shape index (κ2) is 5.28. The molecule has 84 valence electrons. The van der Waals surface area contributed by atoms with Crippen LogP contribution in [0.3, 0.4) is 0 Å². The lowest BCUT2D eigenvalue weighted by Crippen LogP contribution is -2.41. The fraction of sp³-hybridized carbons (Fsp3) is 0.778. The predicted octanol–water partition coefficient (Wildman–Crippen LogP) is 1.65. The van der Waals surface area contributed by atoms with Crippen LogP contribution >= 0.6 is 15.9 Å². The van der Waals surface area contributed by atoms with Crippen molar-refractivity contribution in [2.24, 2.45) is 0 Å². The summed E-state index contributed by atoms with van der Waals surface area (Å²) in [4.78, 5) is 1.96. The van der Waals surface area contributed by atoms with E-state index in [1.807, 2.05) is 18.9 Å². The lowest BCUT2D eigenvalue weighted by atomic mass is 10.2. The maximum absolute atomic E-state index is 11.3. The molecule has 0 aromatic carbocycles. The lowest BCUT2D eigenvalue weighted by molar-refractivity contribution is 0.278. The maximum Gasteiger partial charge on any atom is 0.151 e. The average Bonchev–Trinajstić information content (AvgIpc) is 1.98. The van der Waals surface area contributed by atoms with Gasteiger partial charge in [-0.3, -0.25) is 4.90 Å². The van der Waals surface area contributed by atoms with Gasteiger partial charge in [-0.1, -0.05) is 22.5 Å². The van der Waals surface area contributed by atoms with Gasteiger partial charge in [-0.15, -0.1) is 0 Å². The van der Waals surface area contributed by atoms with Crippen LogP contribution in [0.15, 0.2) is 11.1 Å². The molecule has 2 atom stereocenters. The van der Waals surface area contributed by atoms with Crippen LogP contribution in [-0.4, -0.2) is 44.5 Å². The third-order valence-electron chi connectivity index (χ3n) is 2.47. The van der Waals surface area contributed by atoms with E-state index in [1.165, 1.54) is 6.26 Å². The molecule has 0 N–H and O–H groups in total. The number of rotatable bonds is 5. The first-order valence-corrected chi connectivity index (χ1v) is 7.13. The van der Waals surface area contributed by atoms with Gasteiger partial charge in [0, 0.05) is 23.3 Å². The minimum Gasteiger partial charge on any atom is -0.298 e. The molecule has 0 heterocycles. The molecule has 0 radical (unpaired) electrons. The first-order valence-electron chi connectivity index (χ1n) is 4.38. The number of hydrogen-bond donors (Lipinski definition) is 0. The Morgan fingerprint density at radius 1 is 1.50 bits per heavy atom. The van der Waals surface area contributed by atoms with Gasteiger partial charge < -0.3 is 0 Å². The normalized spacial score (nSPS) is 16.7. The first kappa shape index (κ1) is 14.1. The number of hydrogen-bond acceptors (Lipinski definition) is 3. The third-order valence-corrected chi connectivity index (χ3v) is 4.47. The van der Waals surface area contributed by atoms with Gasteiger partial charge in [0.2, 0.25) is 0 Å². The number of likely N-dealkylation sites (N-methyl/N-ethyl adjacent to an activating group) is 1. The fourth-order valence-electron chi connectivity index (χ4n) is 1.13. The molecule has 0 bridgehead atoms. The quantitative estimate of drug-likeness (QED) is 0.770. The number of nitrogens with zero attached hydrogens (tertiary/aromatic N) is 1. The van der Waals surface area contributed by atoms with E-state index in [9.17, 15) is 8.42 Å². The second-order valence-electron chi connectivity index (χ2n) is 3.71. The molecule has 0 aromatic rings. The van der Waals surface area contributed by atoms with E-state index in [1.54, 1.807) is 6.92 Å². The summed E-state index contributed by atoms with van der Waals surface area (Å²) in [7, 11) is -1.08. The Morgan fingerprint density at radius 3 is 2.21 bits per heavy atom. The van der Waals surface area contributed by atoms with Crippen molar-refractivity contribution in [3.63, 3.8) is 0 Å². The molecule has 0 aliphatic rings. The molecule has 0 saturated heterocycles. The summed E-state index contributed by atoms with van der Waals surface area (Å²) in [5, 5.41) is -0.362. The highest BCUT2D eigenvalue weighted by atomic mass is 79.9. The van der Waals surface area contributed by atoms with E-state index in [2.05, 4.69) is 22.5 Å². The summed E-state index contributed by atoms with van der Waals surface area (Å²) in [5.41, 5.74) is 0. The zero-order valence-corrected chi connectivity index (χ0v) is 11.5. The van der Waals surface area contributed by atoms with Crippen molar-refractivity contribution < 1.29 is 8.42 Å². The molecule has 0 aliphatic carbocycles. The Morgan fingerprint density at radius 2 is 1.93 bits per heavy atom. The Kier molecular flexibility index (Phi) is 5.33. The summed E-state index contributed by atoms with van der Waals surface area (Å²) in [6, 6.07) is -0.0145. The van der Waals surface area contributed by atoms with Crippen molar-refractivity contribution in [3.05, 3.63) is 11.1 Å². The average molecular weight is 284 g/mol. The van der Waals surface area contributed by atoms with Gasteiger partial charge in [-0.05, 0) is 20.9 Å². The van der Waals surface area contributed by atoms with Crippen LogP contribution < -0.4 is 0 Å². The van der Waals surface area contributed by atoms with Crippen molar-refractivity contribution in [2.75, 3.05) is 19.8 Å². The van der Waals surface area contributed by atoms with Crippen molar-refractivity contribution in [1.29, 1.82) is 0 Å². The zero-order chi connectivity index (χ0) is 11.5. The summed E-state index contributed by atoms with van der Waals surface area (Å²) >= 11 is 3.26. The molecule has 5 heteroatoms. The molecular formula is C9H18BrNO2S. The van der Waals surface area contributed by atoms with E-state index in [-0.39, 0.29) is 11.3 Å². The van der Waals surface area contributed by atoms with Crippen molar-refractivity contribution in [2.45, 2.75) is 25.1 Å². The number of halogens is 1. The van der Waals surface area contributed by atoms with Crippen molar-refractivity contribution in [1.82, 2.24) is 4.90 Å². The molecule has 14 heavy (non-hydrogen) atoms. The van der Waals surface area contributed by atoms with Crippen LogP contribution in [0.5, 0.6) is 0 Å². The minimum atomic E-state index is -2.97. The van der Waals surface area contributed by atoms with Crippen molar-refractivity contribution in [3.8, 4) is 0 Å².